The lowest BCUT2D eigenvalue weighted by Gasteiger charge is -2.29. The normalized spacial score (nSPS) is 16.0. The number of unbranched alkanes of at least 4 members (excludes halogenated alkanes) is 1. The Bertz CT molecular complexity index is 810. The van der Waals surface area contributed by atoms with Crippen molar-refractivity contribution in [2.75, 3.05) is 26.3 Å². The summed E-state index contributed by atoms with van der Waals surface area (Å²) in [6.45, 7) is 8.62. The van der Waals surface area contributed by atoms with E-state index in [4.69, 9.17) is 4.74 Å². The highest BCUT2D eigenvalue weighted by Gasteiger charge is 2.35. The number of nitrogens with zero attached hydrogens (tertiary/aromatic N) is 2. The van der Waals surface area contributed by atoms with Gasteiger partial charge in [-0.1, -0.05) is 42.5 Å². The second kappa shape index (κ2) is 15.1. The summed E-state index contributed by atoms with van der Waals surface area (Å²) in [6.07, 6.45) is 7.26. The van der Waals surface area contributed by atoms with Crippen LogP contribution < -0.4 is 0 Å². The van der Waals surface area contributed by atoms with Crippen molar-refractivity contribution in [1.29, 1.82) is 0 Å². The van der Waals surface area contributed by atoms with E-state index in [0.717, 1.165) is 24.8 Å². The van der Waals surface area contributed by atoms with E-state index in [9.17, 15) is 19.5 Å². The molecule has 0 bridgehead atoms. The number of carbonyl (C=O) groups excluding carboxylic acids is 3. The highest BCUT2D eigenvalue weighted by Crippen LogP contribution is 2.24. The number of esters is 1. The van der Waals surface area contributed by atoms with Crippen molar-refractivity contribution in [3.8, 4) is 0 Å². The standard InChI is InChI=1S/C27H38N2O5/c1-3-5-7-15-26(32)34-21-24-14-10-16-29(24)27(33)23(11-4-2)19-25(31)28(17-18-30)20-22-12-8-6-9-13-22/h3-4,6,8-9,12-13,23-24,30H,1-2,5,7,10-11,14-21H2/t23-,24+/m1/s1. The molecular formula is C27H38N2O5. The van der Waals surface area contributed by atoms with Gasteiger partial charge >= 0.3 is 5.97 Å². The molecule has 0 saturated carbocycles. The fourth-order valence-electron chi connectivity index (χ4n) is 4.21. The number of ether oxygens (including phenoxy) is 1. The molecule has 7 heteroatoms. The summed E-state index contributed by atoms with van der Waals surface area (Å²) in [5, 5.41) is 9.46. The molecule has 2 amide bonds. The summed E-state index contributed by atoms with van der Waals surface area (Å²) in [4.78, 5) is 41.8. The van der Waals surface area contributed by atoms with Gasteiger partial charge in [-0.15, -0.1) is 13.2 Å². The van der Waals surface area contributed by atoms with Crippen LogP contribution >= 0.6 is 0 Å². The zero-order valence-electron chi connectivity index (χ0n) is 20.1. The van der Waals surface area contributed by atoms with E-state index in [-0.39, 0.29) is 50.0 Å². The lowest BCUT2D eigenvalue weighted by molar-refractivity contribution is -0.149. The molecule has 1 heterocycles. The van der Waals surface area contributed by atoms with E-state index in [1.165, 1.54) is 0 Å². The highest BCUT2D eigenvalue weighted by molar-refractivity contribution is 5.86. The first-order valence-electron chi connectivity index (χ1n) is 12.1. The van der Waals surface area contributed by atoms with Gasteiger partial charge in [0.2, 0.25) is 11.8 Å². The summed E-state index contributed by atoms with van der Waals surface area (Å²) >= 11 is 0. The van der Waals surface area contributed by atoms with Crippen LogP contribution in [0.3, 0.4) is 0 Å². The Labute approximate surface area is 203 Å². The SMILES string of the molecule is C=CCCCC(=O)OC[C@@H]1CCCN1C(=O)[C@H](CC=C)CC(=O)N(CCO)Cc1ccccc1. The van der Waals surface area contributed by atoms with Crippen LogP contribution in [0.4, 0.5) is 0 Å². The molecule has 186 valence electrons. The molecule has 1 aromatic carbocycles. The van der Waals surface area contributed by atoms with Gasteiger partial charge in [-0.3, -0.25) is 14.4 Å². The van der Waals surface area contributed by atoms with Crippen LogP contribution in [0.5, 0.6) is 0 Å². The average molecular weight is 471 g/mol. The third-order valence-electron chi connectivity index (χ3n) is 6.05. The molecule has 1 aliphatic heterocycles. The summed E-state index contributed by atoms with van der Waals surface area (Å²) < 4.78 is 5.42. The fraction of sp³-hybridized carbons (Fsp3) is 0.519. The van der Waals surface area contributed by atoms with Crippen LogP contribution in [-0.2, 0) is 25.7 Å². The molecule has 1 aliphatic rings. The van der Waals surface area contributed by atoms with Gasteiger partial charge in [0, 0.05) is 32.5 Å². The predicted molar refractivity (Wildman–Crippen MR) is 132 cm³/mol. The molecule has 1 aromatic rings. The first kappa shape index (κ1) is 27.3. The number of amides is 2. The van der Waals surface area contributed by atoms with Crippen molar-refractivity contribution >= 4 is 17.8 Å². The summed E-state index contributed by atoms with van der Waals surface area (Å²) in [6, 6.07) is 9.40. The van der Waals surface area contributed by atoms with Crippen molar-refractivity contribution in [2.45, 2.75) is 57.5 Å². The molecule has 0 aromatic heterocycles. The van der Waals surface area contributed by atoms with Crippen molar-refractivity contribution in [3.63, 3.8) is 0 Å². The van der Waals surface area contributed by atoms with Crippen LogP contribution in [0.1, 0.15) is 50.5 Å². The van der Waals surface area contributed by atoms with Crippen molar-refractivity contribution < 1.29 is 24.2 Å². The molecular weight excluding hydrogens is 432 g/mol. The Balaban J connectivity index is 1.99. The topological polar surface area (TPSA) is 87.2 Å². The number of benzene rings is 1. The average Bonchev–Trinajstić information content (AvgIpc) is 3.31. The minimum atomic E-state index is -0.536. The number of hydrogen-bond donors (Lipinski definition) is 1. The monoisotopic (exact) mass is 470 g/mol. The number of carbonyl (C=O) groups is 3. The maximum Gasteiger partial charge on any atom is 0.305 e. The maximum atomic E-state index is 13.4. The quantitative estimate of drug-likeness (QED) is 0.241. The molecule has 34 heavy (non-hydrogen) atoms. The van der Waals surface area contributed by atoms with Gasteiger partial charge in [-0.05, 0) is 37.7 Å². The molecule has 0 aliphatic carbocycles. The Morgan fingerprint density at radius 1 is 1.21 bits per heavy atom. The van der Waals surface area contributed by atoms with Gasteiger partial charge in [0.1, 0.15) is 6.61 Å². The van der Waals surface area contributed by atoms with E-state index >= 15 is 0 Å². The summed E-state index contributed by atoms with van der Waals surface area (Å²) in [5.41, 5.74) is 0.963. The highest BCUT2D eigenvalue weighted by atomic mass is 16.5. The van der Waals surface area contributed by atoms with Gasteiger partial charge in [0.05, 0.1) is 18.6 Å². The first-order valence-corrected chi connectivity index (χ1v) is 12.1. The Morgan fingerprint density at radius 2 is 1.97 bits per heavy atom. The first-order chi connectivity index (χ1) is 16.5. The second-order valence-electron chi connectivity index (χ2n) is 8.64. The Hall–Kier alpha value is -2.93. The number of rotatable bonds is 15. The van der Waals surface area contributed by atoms with Crippen LogP contribution in [0.2, 0.25) is 0 Å². The molecule has 1 N–H and O–H groups in total. The molecule has 7 nitrogen and oxygen atoms in total. The number of hydrogen-bond acceptors (Lipinski definition) is 5. The fourth-order valence-corrected chi connectivity index (χ4v) is 4.21. The number of likely N-dealkylation sites (tertiary alicyclic amines) is 1. The van der Waals surface area contributed by atoms with Crippen molar-refractivity contribution in [3.05, 3.63) is 61.2 Å². The predicted octanol–water partition coefficient (Wildman–Crippen LogP) is 3.48. The lowest BCUT2D eigenvalue weighted by Crippen LogP contribution is -2.44. The third kappa shape index (κ3) is 8.78. The van der Waals surface area contributed by atoms with Crippen molar-refractivity contribution in [2.24, 2.45) is 5.92 Å². The molecule has 2 atom stereocenters. The van der Waals surface area contributed by atoms with Crippen LogP contribution in [-0.4, -0.2) is 65.0 Å². The zero-order chi connectivity index (χ0) is 24.8. The minimum Gasteiger partial charge on any atom is -0.463 e. The Morgan fingerprint density at radius 3 is 2.65 bits per heavy atom. The molecule has 1 fully saturated rings. The van der Waals surface area contributed by atoms with Crippen molar-refractivity contribution in [1.82, 2.24) is 9.80 Å². The Kier molecular flexibility index (Phi) is 12.1. The minimum absolute atomic E-state index is 0.0439. The van der Waals surface area contributed by atoms with E-state index in [1.807, 2.05) is 30.3 Å². The van der Waals surface area contributed by atoms with E-state index in [1.54, 1.807) is 22.0 Å². The van der Waals surface area contributed by atoms with Gasteiger partial charge in [0.15, 0.2) is 0 Å². The number of aliphatic hydroxyl groups excluding tert-OH is 1. The van der Waals surface area contributed by atoms with Gasteiger partial charge in [-0.25, -0.2) is 0 Å². The number of aliphatic hydroxyl groups is 1. The van der Waals surface area contributed by atoms with E-state index in [2.05, 4.69) is 13.2 Å². The van der Waals surface area contributed by atoms with Gasteiger partial charge in [0.25, 0.3) is 0 Å². The van der Waals surface area contributed by atoms with E-state index in [0.29, 0.717) is 32.4 Å². The van der Waals surface area contributed by atoms with E-state index < -0.39 is 5.92 Å². The smallest absolute Gasteiger partial charge is 0.305 e. The van der Waals surface area contributed by atoms with Crippen LogP contribution in [0.25, 0.3) is 0 Å². The third-order valence-corrected chi connectivity index (χ3v) is 6.05. The maximum absolute atomic E-state index is 13.4. The van der Waals surface area contributed by atoms with Crippen LogP contribution in [0, 0.1) is 5.92 Å². The largest absolute Gasteiger partial charge is 0.463 e. The molecule has 0 radical (unpaired) electrons. The van der Waals surface area contributed by atoms with Gasteiger partial charge < -0.3 is 19.6 Å². The van der Waals surface area contributed by atoms with Crippen LogP contribution in [0.15, 0.2) is 55.6 Å². The number of allylic oxidation sites excluding steroid dienone is 2. The zero-order valence-corrected chi connectivity index (χ0v) is 20.1. The molecule has 0 unspecified atom stereocenters. The van der Waals surface area contributed by atoms with Gasteiger partial charge in [-0.2, -0.15) is 0 Å². The molecule has 2 rings (SSSR count). The molecule has 0 spiro atoms. The summed E-state index contributed by atoms with van der Waals surface area (Å²) in [7, 11) is 0. The molecule has 1 saturated heterocycles. The lowest BCUT2D eigenvalue weighted by atomic mass is 9.98. The summed E-state index contributed by atoms with van der Waals surface area (Å²) in [5.74, 6) is -1.09. The second-order valence-corrected chi connectivity index (χ2v) is 8.64.